The van der Waals surface area contributed by atoms with Crippen LogP contribution in [0.3, 0.4) is 0 Å². The molecule has 1 N–H and O–H groups in total. The van der Waals surface area contributed by atoms with E-state index in [-0.39, 0.29) is 17.8 Å². The third-order valence-electron chi connectivity index (χ3n) is 2.76. The van der Waals surface area contributed by atoms with Crippen LogP contribution in [-0.4, -0.2) is 26.5 Å². The van der Waals surface area contributed by atoms with E-state index in [1.165, 1.54) is 0 Å². The van der Waals surface area contributed by atoms with Crippen LogP contribution in [0.2, 0.25) is 5.02 Å². The van der Waals surface area contributed by atoms with Crippen LogP contribution in [0, 0.1) is 0 Å². The van der Waals surface area contributed by atoms with Gasteiger partial charge in [0.05, 0.1) is 10.9 Å². The number of aromatic nitrogens is 3. The lowest BCUT2D eigenvalue weighted by Gasteiger charge is -2.10. The number of rotatable bonds is 5. The Balaban J connectivity index is 2.22. The van der Waals surface area contributed by atoms with E-state index in [0.717, 1.165) is 0 Å². The number of nitrogens with zero attached hydrogens (tertiary/aromatic N) is 3. The molecule has 7 heteroatoms. The molecule has 0 saturated carbocycles. The first-order valence-electron chi connectivity index (χ1n) is 6.37. The molecular weight excluding hydrogens is 299 g/mol. The lowest BCUT2D eigenvalue weighted by atomic mass is 10.3. The minimum absolute atomic E-state index is 0.00339. The minimum atomic E-state index is -0.00339. The Morgan fingerprint density at radius 2 is 2.25 bits per heavy atom. The summed E-state index contributed by atoms with van der Waals surface area (Å²) in [5, 5.41) is 3.38. The van der Waals surface area contributed by atoms with Crippen LogP contribution < -0.4 is 5.32 Å². The zero-order valence-corrected chi connectivity index (χ0v) is 12.9. The summed E-state index contributed by atoms with van der Waals surface area (Å²) >= 11 is 11.8. The first kappa shape index (κ1) is 15.1. The zero-order chi connectivity index (χ0) is 14.7. The van der Waals surface area contributed by atoms with Crippen molar-refractivity contribution < 1.29 is 4.79 Å². The number of fused-ring (bicyclic) bond motifs is 1. The van der Waals surface area contributed by atoms with Gasteiger partial charge in [-0.25, -0.2) is 9.97 Å². The molecule has 2 aromatic rings. The number of imidazole rings is 1. The van der Waals surface area contributed by atoms with Crippen molar-refractivity contribution in [2.75, 3.05) is 0 Å². The minimum Gasteiger partial charge on any atom is -0.354 e. The molecule has 0 atom stereocenters. The van der Waals surface area contributed by atoms with Crippen molar-refractivity contribution in [1.82, 2.24) is 19.9 Å². The first-order chi connectivity index (χ1) is 9.51. The summed E-state index contributed by atoms with van der Waals surface area (Å²) in [5.41, 5.74) is 1.39. The molecule has 0 fully saturated rings. The van der Waals surface area contributed by atoms with Crippen molar-refractivity contribution in [3.8, 4) is 0 Å². The van der Waals surface area contributed by atoms with Gasteiger partial charge in [0, 0.05) is 25.2 Å². The number of nitrogens with one attached hydrogen (secondary N) is 1. The van der Waals surface area contributed by atoms with Crippen molar-refractivity contribution >= 4 is 40.3 Å². The quantitative estimate of drug-likeness (QED) is 0.863. The van der Waals surface area contributed by atoms with Crippen molar-refractivity contribution in [2.45, 2.75) is 38.7 Å². The Hall–Kier alpha value is -1.33. The smallest absolute Gasteiger partial charge is 0.221 e. The van der Waals surface area contributed by atoms with Crippen molar-refractivity contribution in [3.05, 3.63) is 23.1 Å². The fourth-order valence-electron chi connectivity index (χ4n) is 1.98. The summed E-state index contributed by atoms with van der Waals surface area (Å²) in [4.78, 5) is 20.4. The fraction of sp³-hybridized carbons (Fsp3) is 0.462. The number of amides is 1. The summed E-state index contributed by atoms with van der Waals surface area (Å²) in [6.07, 6.45) is 1.92. The van der Waals surface area contributed by atoms with E-state index in [2.05, 4.69) is 15.3 Å². The first-order valence-corrected chi connectivity index (χ1v) is 7.28. The second-order valence-electron chi connectivity index (χ2n) is 4.78. The van der Waals surface area contributed by atoms with Gasteiger partial charge in [0.1, 0.15) is 11.3 Å². The number of hydrogen-bond acceptors (Lipinski definition) is 3. The highest BCUT2D eigenvalue weighted by Gasteiger charge is 2.13. The third-order valence-corrected chi connectivity index (χ3v) is 3.21. The number of carbonyl (C=O) groups is 1. The summed E-state index contributed by atoms with van der Waals surface area (Å²) in [7, 11) is 0. The molecule has 108 valence electrons. The number of hydrogen-bond donors (Lipinski definition) is 1. The van der Waals surface area contributed by atoms with Crippen LogP contribution in [0.1, 0.15) is 26.1 Å². The van der Waals surface area contributed by atoms with Gasteiger partial charge < -0.3 is 9.88 Å². The standard InChI is InChI=1S/C13H16Cl2N4O/c1-8(2)17-12(20)3-4-19-11(6-14)18-10-5-9(15)7-16-13(10)19/h5,7-8H,3-4,6H2,1-2H3,(H,17,20). The number of aryl methyl sites for hydroxylation is 1. The molecule has 0 aliphatic carbocycles. The maximum atomic E-state index is 11.7. The van der Waals surface area contributed by atoms with Crippen LogP contribution in [0.5, 0.6) is 0 Å². The van der Waals surface area contributed by atoms with E-state index in [1.54, 1.807) is 12.3 Å². The van der Waals surface area contributed by atoms with E-state index in [0.29, 0.717) is 35.0 Å². The van der Waals surface area contributed by atoms with Crippen LogP contribution in [0.15, 0.2) is 12.3 Å². The molecule has 0 aliphatic heterocycles. The average molecular weight is 315 g/mol. The SMILES string of the molecule is CC(C)NC(=O)CCn1c(CCl)nc2cc(Cl)cnc21. The number of pyridine rings is 1. The Bertz CT molecular complexity index is 624. The van der Waals surface area contributed by atoms with Gasteiger partial charge in [-0.05, 0) is 19.9 Å². The molecule has 0 unspecified atom stereocenters. The van der Waals surface area contributed by atoms with E-state index in [1.807, 2.05) is 18.4 Å². The normalized spacial score (nSPS) is 11.2. The van der Waals surface area contributed by atoms with E-state index < -0.39 is 0 Å². The molecule has 0 aliphatic rings. The molecule has 2 rings (SSSR count). The van der Waals surface area contributed by atoms with Gasteiger partial charge >= 0.3 is 0 Å². The molecule has 0 spiro atoms. The summed E-state index contributed by atoms with van der Waals surface area (Å²) in [6, 6.07) is 1.87. The molecule has 5 nitrogen and oxygen atoms in total. The van der Waals surface area contributed by atoms with Gasteiger partial charge in [-0.2, -0.15) is 0 Å². The van der Waals surface area contributed by atoms with E-state index >= 15 is 0 Å². The number of carbonyl (C=O) groups excluding carboxylic acids is 1. The highest BCUT2D eigenvalue weighted by molar-refractivity contribution is 6.31. The van der Waals surface area contributed by atoms with Gasteiger partial charge in [-0.15, -0.1) is 11.6 Å². The fourth-order valence-corrected chi connectivity index (χ4v) is 2.33. The molecule has 2 aromatic heterocycles. The molecule has 0 radical (unpaired) electrons. The predicted octanol–water partition coefficient (Wildman–Crippen LogP) is 2.74. The molecule has 0 aromatic carbocycles. The molecule has 0 saturated heterocycles. The van der Waals surface area contributed by atoms with E-state index in [9.17, 15) is 4.79 Å². The summed E-state index contributed by atoms with van der Waals surface area (Å²) in [5.74, 6) is 0.949. The molecule has 1 amide bonds. The summed E-state index contributed by atoms with van der Waals surface area (Å²) in [6.45, 7) is 4.35. The van der Waals surface area contributed by atoms with Crippen LogP contribution in [-0.2, 0) is 17.2 Å². The summed E-state index contributed by atoms with van der Waals surface area (Å²) < 4.78 is 1.86. The topological polar surface area (TPSA) is 59.8 Å². The molecule has 20 heavy (non-hydrogen) atoms. The zero-order valence-electron chi connectivity index (χ0n) is 11.4. The monoisotopic (exact) mass is 314 g/mol. The van der Waals surface area contributed by atoms with Crippen LogP contribution in [0.4, 0.5) is 0 Å². The predicted molar refractivity (Wildman–Crippen MR) is 80.0 cm³/mol. The highest BCUT2D eigenvalue weighted by atomic mass is 35.5. The molecule has 0 bridgehead atoms. The second-order valence-corrected chi connectivity index (χ2v) is 5.49. The third kappa shape index (κ3) is 3.41. The van der Waals surface area contributed by atoms with Crippen molar-refractivity contribution in [1.29, 1.82) is 0 Å². The molecule has 2 heterocycles. The van der Waals surface area contributed by atoms with Crippen molar-refractivity contribution in [3.63, 3.8) is 0 Å². The maximum Gasteiger partial charge on any atom is 0.221 e. The molecular formula is C13H16Cl2N4O. The Kier molecular flexibility index (Phi) is 4.83. The van der Waals surface area contributed by atoms with Gasteiger partial charge in [0.25, 0.3) is 0 Å². The average Bonchev–Trinajstić information content (AvgIpc) is 2.72. The Labute approximate surface area is 127 Å². The Morgan fingerprint density at radius 3 is 2.90 bits per heavy atom. The second kappa shape index (κ2) is 6.41. The van der Waals surface area contributed by atoms with Gasteiger partial charge in [-0.1, -0.05) is 11.6 Å². The Morgan fingerprint density at radius 1 is 1.50 bits per heavy atom. The van der Waals surface area contributed by atoms with Crippen LogP contribution >= 0.6 is 23.2 Å². The number of alkyl halides is 1. The van der Waals surface area contributed by atoms with Gasteiger partial charge in [-0.3, -0.25) is 4.79 Å². The van der Waals surface area contributed by atoms with Gasteiger partial charge in [0.2, 0.25) is 5.91 Å². The lowest BCUT2D eigenvalue weighted by Crippen LogP contribution is -2.30. The van der Waals surface area contributed by atoms with Gasteiger partial charge in [0.15, 0.2) is 5.65 Å². The van der Waals surface area contributed by atoms with Crippen molar-refractivity contribution in [2.24, 2.45) is 0 Å². The van der Waals surface area contributed by atoms with E-state index in [4.69, 9.17) is 23.2 Å². The maximum absolute atomic E-state index is 11.7. The van der Waals surface area contributed by atoms with Crippen LogP contribution in [0.25, 0.3) is 11.2 Å². The highest BCUT2D eigenvalue weighted by Crippen LogP contribution is 2.19. The number of halogens is 2. The largest absolute Gasteiger partial charge is 0.354 e. The lowest BCUT2D eigenvalue weighted by molar-refractivity contribution is -0.121.